The number of nitrogens with zero attached hydrogens (tertiary/aromatic N) is 2. The maximum Gasteiger partial charge on any atom is 0.274 e. The molecule has 4 rings (SSSR count). The van der Waals surface area contributed by atoms with Gasteiger partial charge in [-0.05, 0) is 50.1 Å². The van der Waals surface area contributed by atoms with E-state index in [4.69, 9.17) is 0 Å². The largest absolute Gasteiger partial charge is 0.320 e. The van der Waals surface area contributed by atoms with Crippen molar-refractivity contribution < 1.29 is 9.59 Å². The van der Waals surface area contributed by atoms with Crippen LogP contribution in [-0.4, -0.2) is 21.5 Å². The molecular weight excluding hydrogens is 326 g/mol. The van der Waals surface area contributed by atoms with E-state index in [1.165, 1.54) is 6.92 Å². The van der Waals surface area contributed by atoms with E-state index >= 15 is 0 Å². The standard InChI is InChI=1S/C21H19N3O2/c1-14(25)17-9-5-6-10-18(17)22-21(26)20-13-19(15-11-12-15)23-24(20)16-7-3-2-4-8-16/h2-10,13,15H,11-12H2,1H3,(H,22,26). The molecule has 5 heteroatoms. The van der Waals surface area contributed by atoms with Crippen molar-refractivity contribution in [2.45, 2.75) is 25.7 Å². The molecule has 0 unspecified atom stereocenters. The minimum atomic E-state index is -0.276. The fourth-order valence-corrected chi connectivity index (χ4v) is 2.99. The molecule has 0 saturated heterocycles. The number of carbonyl (C=O) groups excluding carboxylic acids is 2. The Morgan fingerprint density at radius 2 is 1.73 bits per heavy atom. The number of carbonyl (C=O) groups is 2. The van der Waals surface area contributed by atoms with Crippen molar-refractivity contribution in [2.24, 2.45) is 0 Å². The Morgan fingerprint density at radius 1 is 1.04 bits per heavy atom. The highest BCUT2D eigenvalue weighted by molar-refractivity contribution is 6.08. The topological polar surface area (TPSA) is 64.0 Å². The lowest BCUT2D eigenvalue weighted by Crippen LogP contribution is -2.18. The number of benzene rings is 2. The van der Waals surface area contributed by atoms with Crippen molar-refractivity contribution >= 4 is 17.4 Å². The number of nitrogens with one attached hydrogen (secondary N) is 1. The zero-order valence-electron chi connectivity index (χ0n) is 14.5. The maximum absolute atomic E-state index is 13.0. The number of amides is 1. The second-order valence-corrected chi connectivity index (χ2v) is 6.53. The van der Waals surface area contributed by atoms with Gasteiger partial charge in [-0.1, -0.05) is 30.3 Å². The van der Waals surface area contributed by atoms with E-state index in [9.17, 15) is 9.59 Å². The smallest absolute Gasteiger partial charge is 0.274 e. The van der Waals surface area contributed by atoms with Crippen molar-refractivity contribution in [3.63, 3.8) is 0 Å². The van der Waals surface area contributed by atoms with Crippen LogP contribution in [0.2, 0.25) is 0 Å². The molecule has 26 heavy (non-hydrogen) atoms. The molecule has 0 spiro atoms. The van der Waals surface area contributed by atoms with Crippen LogP contribution in [0.4, 0.5) is 5.69 Å². The van der Waals surface area contributed by atoms with Crippen LogP contribution in [-0.2, 0) is 0 Å². The van der Waals surface area contributed by atoms with Gasteiger partial charge in [0, 0.05) is 11.5 Å². The van der Waals surface area contributed by atoms with Gasteiger partial charge in [-0.2, -0.15) is 5.10 Å². The van der Waals surface area contributed by atoms with Crippen LogP contribution in [0.3, 0.4) is 0 Å². The minimum absolute atomic E-state index is 0.0869. The van der Waals surface area contributed by atoms with Gasteiger partial charge in [0.15, 0.2) is 5.78 Å². The molecule has 0 atom stereocenters. The Kier molecular flexibility index (Phi) is 4.13. The lowest BCUT2D eigenvalue weighted by atomic mass is 10.1. The van der Waals surface area contributed by atoms with Gasteiger partial charge in [0.2, 0.25) is 0 Å². The van der Waals surface area contributed by atoms with Gasteiger partial charge in [-0.3, -0.25) is 9.59 Å². The van der Waals surface area contributed by atoms with E-state index < -0.39 is 0 Å². The molecule has 1 aromatic heterocycles. The molecule has 1 amide bonds. The third-order valence-corrected chi connectivity index (χ3v) is 4.51. The first-order chi connectivity index (χ1) is 12.6. The van der Waals surface area contributed by atoms with Crippen molar-refractivity contribution in [1.29, 1.82) is 0 Å². The van der Waals surface area contributed by atoms with Gasteiger partial charge in [0.25, 0.3) is 5.91 Å². The second kappa shape index (κ2) is 6.59. The summed E-state index contributed by atoms with van der Waals surface area (Å²) in [6.07, 6.45) is 2.22. The predicted octanol–water partition coefficient (Wildman–Crippen LogP) is 4.20. The first-order valence-corrected chi connectivity index (χ1v) is 8.70. The average molecular weight is 345 g/mol. The summed E-state index contributed by atoms with van der Waals surface area (Å²) >= 11 is 0. The maximum atomic E-state index is 13.0. The Labute approximate surface area is 151 Å². The molecule has 1 aliphatic rings. The summed E-state index contributed by atoms with van der Waals surface area (Å²) in [6.45, 7) is 1.49. The number of para-hydroxylation sites is 2. The van der Waals surface area contributed by atoms with Crippen LogP contribution in [0, 0.1) is 0 Å². The summed E-state index contributed by atoms with van der Waals surface area (Å²) < 4.78 is 1.68. The van der Waals surface area contributed by atoms with Crippen molar-refractivity contribution in [2.75, 3.05) is 5.32 Å². The van der Waals surface area contributed by atoms with E-state index in [1.54, 1.807) is 28.9 Å². The normalized spacial score (nSPS) is 13.4. The SMILES string of the molecule is CC(=O)c1ccccc1NC(=O)c1cc(C2CC2)nn1-c1ccccc1. The van der Waals surface area contributed by atoms with Crippen molar-refractivity contribution in [3.8, 4) is 5.69 Å². The highest BCUT2D eigenvalue weighted by atomic mass is 16.2. The molecule has 3 aromatic rings. The zero-order chi connectivity index (χ0) is 18.1. The molecule has 1 heterocycles. The summed E-state index contributed by atoms with van der Waals surface area (Å²) in [5.41, 5.74) is 3.26. The molecule has 1 aliphatic carbocycles. The summed E-state index contributed by atoms with van der Waals surface area (Å²) in [5.74, 6) is 0.0779. The third-order valence-electron chi connectivity index (χ3n) is 4.51. The Hall–Kier alpha value is -3.21. The number of aromatic nitrogens is 2. The van der Waals surface area contributed by atoms with E-state index in [1.807, 2.05) is 36.4 Å². The average Bonchev–Trinajstić information content (AvgIpc) is 3.41. The number of rotatable bonds is 5. The van der Waals surface area contributed by atoms with Gasteiger partial charge in [-0.25, -0.2) is 4.68 Å². The zero-order valence-corrected chi connectivity index (χ0v) is 14.5. The molecule has 0 radical (unpaired) electrons. The van der Waals surface area contributed by atoms with Gasteiger partial charge in [-0.15, -0.1) is 0 Å². The second-order valence-electron chi connectivity index (χ2n) is 6.53. The predicted molar refractivity (Wildman–Crippen MR) is 99.9 cm³/mol. The summed E-state index contributed by atoms with van der Waals surface area (Å²) in [6, 6.07) is 18.5. The Morgan fingerprint density at radius 3 is 2.42 bits per heavy atom. The fraction of sp³-hybridized carbons (Fsp3) is 0.190. The molecule has 1 saturated carbocycles. The summed E-state index contributed by atoms with van der Waals surface area (Å²) in [7, 11) is 0. The van der Waals surface area contributed by atoms with Gasteiger partial charge in [0.05, 0.1) is 17.1 Å². The number of hydrogen-bond acceptors (Lipinski definition) is 3. The first-order valence-electron chi connectivity index (χ1n) is 8.70. The van der Waals surface area contributed by atoms with Crippen molar-refractivity contribution in [1.82, 2.24) is 9.78 Å². The molecule has 1 fully saturated rings. The summed E-state index contributed by atoms with van der Waals surface area (Å²) in [4.78, 5) is 24.8. The van der Waals surface area contributed by atoms with E-state index in [2.05, 4.69) is 10.4 Å². The van der Waals surface area contributed by atoms with Gasteiger partial charge < -0.3 is 5.32 Å². The fourth-order valence-electron chi connectivity index (χ4n) is 2.99. The van der Waals surface area contributed by atoms with Gasteiger partial charge in [0.1, 0.15) is 5.69 Å². The Bertz CT molecular complexity index is 972. The molecule has 0 bridgehead atoms. The minimum Gasteiger partial charge on any atom is -0.320 e. The van der Waals surface area contributed by atoms with Crippen molar-refractivity contribution in [3.05, 3.63) is 77.6 Å². The van der Waals surface area contributed by atoms with E-state index in [-0.39, 0.29) is 11.7 Å². The number of Topliss-reactive ketones (excluding diaryl/α,β-unsaturated/α-hetero) is 1. The highest BCUT2D eigenvalue weighted by Gasteiger charge is 2.29. The lowest BCUT2D eigenvalue weighted by molar-refractivity contribution is 0.101. The number of anilines is 1. The first kappa shape index (κ1) is 16.3. The number of hydrogen-bond donors (Lipinski definition) is 1. The molecule has 2 aromatic carbocycles. The lowest BCUT2D eigenvalue weighted by Gasteiger charge is -2.10. The van der Waals surface area contributed by atoms with Crippen LogP contribution in [0.25, 0.3) is 5.69 Å². The monoisotopic (exact) mass is 345 g/mol. The van der Waals surface area contributed by atoms with E-state index in [0.717, 1.165) is 24.2 Å². The van der Waals surface area contributed by atoms with E-state index in [0.29, 0.717) is 22.9 Å². The van der Waals surface area contributed by atoms with Gasteiger partial charge >= 0.3 is 0 Å². The highest BCUT2D eigenvalue weighted by Crippen LogP contribution is 2.39. The third kappa shape index (κ3) is 3.16. The number of ketones is 1. The summed E-state index contributed by atoms with van der Waals surface area (Å²) in [5, 5.41) is 7.52. The van der Waals surface area contributed by atoms with Crippen LogP contribution in [0.15, 0.2) is 60.7 Å². The Balaban J connectivity index is 1.71. The molecule has 130 valence electrons. The van der Waals surface area contributed by atoms with Crippen LogP contribution >= 0.6 is 0 Å². The molecular formula is C21H19N3O2. The van der Waals surface area contributed by atoms with Crippen LogP contribution in [0.5, 0.6) is 0 Å². The molecule has 0 aliphatic heterocycles. The molecule has 1 N–H and O–H groups in total. The molecule has 5 nitrogen and oxygen atoms in total. The van der Waals surface area contributed by atoms with Crippen LogP contribution in [0.1, 0.15) is 52.2 Å². The van der Waals surface area contributed by atoms with Crippen LogP contribution < -0.4 is 5.32 Å². The quantitative estimate of drug-likeness (QED) is 0.705.